The predicted octanol–water partition coefficient (Wildman–Crippen LogP) is 0.630. The first-order chi connectivity index (χ1) is 4.36. The molecule has 0 unspecified atom stereocenters. The summed E-state index contributed by atoms with van der Waals surface area (Å²) in [6, 6.07) is 1.65. The number of nitrogens with one attached hydrogen (secondary N) is 1. The van der Waals surface area contributed by atoms with E-state index in [-0.39, 0.29) is 17.0 Å². The van der Waals surface area contributed by atoms with Crippen molar-refractivity contribution in [2.75, 3.05) is 20.1 Å². The average Bonchev–Trinajstić information content (AvgIpc) is 1.90. The number of likely N-dealkylation sites (N-methyl/N-ethyl adjacent to an activating group) is 1. The van der Waals surface area contributed by atoms with Crippen LogP contribution in [0, 0.1) is 0 Å². The van der Waals surface area contributed by atoms with Gasteiger partial charge in [0.1, 0.15) is 0 Å². The van der Waals surface area contributed by atoms with Gasteiger partial charge in [0.15, 0.2) is 0 Å². The summed E-state index contributed by atoms with van der Waals surface area (Å²) in [7, 11) is 2.23. The monoisotopic (exact) mass is 206 g/mol. The fourth-order valence-electron chi connectivity index (χ4n) is 1.93. The molecular formula is C7H15BrN2. The molecule has 0 aromatic carbocycles. The summed E-state index contributed by atoms with van der Waals surface area (Å²) in [5.41, 5.74) is 0. The summed E-state index contributed by atoms with van der Waals surface area (Å²) in [4.78, 5) is 2.48. The zero-order chi connectivity index (χ0) is 6.27. The van der Waals surface area contributed by atoms with E-state index in [4.69, 9.17) is 0 Å². The third-order valence-corrected chi connectivity index (χ3v) is 2.62. The molecule has 2 nitrogen and oxygen atoms in total. The van der Waals surface area contributed by atoms with E-state index >= 15 is 0 Å². The van der Waals surface area contributed by atoms with Crippen molar-refractivity contribution >= 4 is 17.0 Å². The van der Waals surface area contributed by atoms with Gasteiger partial charge < -0.3 is 10.2 Å². The fourth-order valence-corrected chi connectivity index (χ4v) is 1.93. The molecule has 2 bridgehead atoms. The molecule has 2 atom stereocenters. The molecule has 3 saturated heterocycles. The van der Waals surface area contributed by atoms with Crippen molar-refractivity contribution in [3.05, 3.63) is 0 Å². The van der Waals surface area contributed by atoms with Gasteiger partial charge in [-0.25, -0.2) is 0 Å². The van der Waals surface area contributed by atoms with Gasteiger partial charge in [0.25, 0.3) is 0 Å². The van der Waals surface area contributed by atoms with Gasteiger partial charge in [0, 0.05) is 25.2 Å². The highest BCUT2D eigenvalue weighted by molar-refractivity contribution is 8.93. The molecule has 0 aromatic rings. The molecule has 3 fully saturated rings. The zero-order valence-corrected chi connectivity index (χ0v) is 8.05. The van der Waals surface area contributed by atoms with Gasteiger partial charge >= 0.3 is 0 Å². The smallest absolute Gasteiger partial charge is 0.0218 e. The Morgan fingerprint density at radius 2 is 2.20 bits per heavy atom. The molecule has 60 valence electrons. The minimum atomic E-state index is 0. The Bertz CT molecular complexity index is 110. The Kier molecular flexibility index (Phi) is 2.72. The second kappa shape index (κ2) is 3.20. The minimum absolute atomic E-state index is 0. The number of piperidine rings is 2. The molecule has 0 spiro atoms. The topological polar surface area (TPSA) is 15.3 Å². The highest BCUT2D eigenvalue weighted by atomic mass is 79.9. The number of rotatable bonds is 0. The number of piperazine rings is 1. The van der Waals surface area contributed by atoms with E-state index in [0.717, 1.165) is 12.1 Å². The molecule has 3 heteroatoms. The van der Waals surface area contributed by atoms with E-state index in [0.29, 0.717) is 0 Å². The zero-order valence-electron chi connectivity index (χ0n) is 6.34. The predicted molar refractivity (Wildman–Crippen MR) is 47.8 cm³/mol. The first-order valence-corrected chi connectivity index (χ1v) is 3.80. The summed E-state index contributed by atoms with van der Waals surface area (Å²) in [6.45, 7) is 2.49. The maximum absolute atomic E-state index is 3.51. The largest absolute Gasteiger partial charge is 0.311 e. The Hall–Kier alpha value is 0.400. The number of nitrogens with zero attached hydrogens (tertiary/aromatic N) is 1. The third-order valence-electron chi connectivity index (χ3n) is 2.62. The molecule has 0 radical (unpaired) electrons. The van der Waals surface area contributed by atoms with E-state index in [1.165, 1.54) is 25.9 Å². The molecule has 3 rings (SSSR count). The molecule has 1 N–H and O–H groups in total. The van der Waals surface area contributed by atoms with Gasteiger partial charge in [-0.3, -0.25) is 0 Å². The van der Waals surface area contributed by atoms with Gasteiger partial charge in [0.05, 0.1) is 0 Å². The van der Waals surface area contributed by atoms with E-state index in [1.807, 2.05) is 0 Å². The summed E-state index contributed by atoms with van der Waals surface area (Å²) in [5, 5.41) is 3.51. The summed E-state index contributed by atoms with van der Waals surface area (Å²) >= 11 is 0. The van der Waals surface area contributed by atoms with Crippen LogP contribution < -0.4 is 5.32 Å². The van der Waals surface area contributed by atoms with Crippen molar-refractivity contribution < 1.29 is 0 Å². The van der Waals surface area contributed by atoms with Crippen molar-refractivity contribution in [1.29, 1.82) is 0 Å². The van der Waals surface area contributed by atoms with Crippen molar-refractivity contribution in [1.82, 2.24) is 10.2 Å². The molecule has 3 heterocycles. The number of hydrogen-bond acceptors (Lipinski definition) is 2. The summed E-state index contributed by atoms with van der Waals surface area (Å²) < 4.78 is 0. The minimum Gasteiger partial charge on any atom is -0.311 e. The third kappa shape index (κ3) is 1.36. The van der Waals surface area contributed by atoms with E-state index in [9.17, 15) is 0 Å². The lowest BCUT2D eigenvalue weighted by Gasteiger charge is -2.44. The van der Waals surface area contributed by atoms with E-state index in [1.54, 1.807) is 0 Å². The fraction of sp³-hybridized carbons (Fsp3) is 1.00. The van der Waals surface area contributed by atoms with Gasteiger partial charge in [-0.1, -0.05) is 0 Å². The van der Waals surface area contributed by atoms with E-state index in [2.05, 4.69) is 17.3 Å². The molecule has 0 aliphatic carbocycles. The van der Waals surface area contributed by atoms with Crippen LogP contribution >= 0.6 is 17.0 Å². The SMILES string of the molecule is Br.CN1C[C@H]2CC[C@@H]1CN2. The van der Waals surface area contributed by atoms with Crippen LogP contribution in [0.25, 0.3) is 0 Å². The Morgan fingerprint density at radius 3 is 2.40 bits per heavy atom. The summed E-state index contributed by atoms with van der Waals surface area (Å²) in [5.74, 6) is 0. The highest BCUT2D eigenvalue weighted by Crippen LogP contribution is 2.19. The van der Waals surface area contributed by atoms with Gasteiger partial charge in [-0.2, -0.15) is 0 Å². The standard InChI is InChI=1S/C7H14N2.BrH/c1-9-5-6-2-3-7(9)4-8-6;/h6-8H,2-5H2,1H3;1H/t6-,7-;/m1./s1. The quantitative estimate of drug-likeness (QED) is 0.626. The Balaban J connectivity index is 0.000000500. The number of halogens is 1. The molecule has 0 amide bonds. The Morgan fingerprint density at radius 1 is 1.40 bits per heavy atom. The lowest BCUT2D eigenvalue weighted by atomic mass is 9.94. The second-order valence-electron chi connectivity index (χ2n) is 3.28. The van der Waals surface area contributed by atoms with Crippen LogP contribution in [0.5, 0.6) is 0 Å². The molecule has 3 aliphatic rings. The number of hydrogen-bond donors (Lipinski definition) is 1. The maximum Gasteiger partial charge on any atom is 0.0218 e. The van der Waals surface area contributed by atoms with Gasteiger partial charge in [0.2, 0.25) is 0 Å². The van der Waals surface area contributed by atoms with Crippen LogP contribution in [0.15, 0.2) is 0 Å². The van der Waals surface area contributed by atoms with Crippen LogP contribution in [0.1, 0.15) is 12.8 Å². The lowest BCUT2D eigenvalue weighted by molar-refractivity contribution is 0.101. The molecular weight excluding hydrogens is 192 g/mol. The van der Waals surface area contributed by atoms with Crippen molar-refractivity contribution in [3.8, 4) is 0 Å². The normalized spacial score (nSPS) is 39.3. The highest BCUT2D eigenvalue weighted by Gasteiger charge is 2.30. The van der Waals surface area contributed by atoms with Gasteiger partial charge in [-0.15, -0.1) is 17.0 Å². The molecule has 0 aromatic heterocycles. The van der Waals surface area contributed by atoms with Crippen LogP contribution in [-0.4, -0.2) is 37.1 Å². The van der Waals surface area contributed by atoms with Crippen LogP contribution in [0.3, 0.4) is 0 Å². The van der Waals surface area contributed by atoms with Crippen LogP contribution in [0.2, 0.25) is 0 Å². The van der Waals surface area contributed by atoms with Crippen LogP contribution in [0.4, 0.5) is 0 Å². The maximum atomic E-state index is 3.51. The second-order valence-corrected chi connectivity index (χ2v) is 3.28. The first kappa shape index (κ1) is 8.50. The summed E-state index contributed by atoms with van der Waals surface area (Å²) in [6.07, 6.45) is 2.81. The first-order valence-electron chi connectivity index (χ1n) is 3.80. The lowest BCUT2D eigenvalue weighted by Crippen LogP contribution is -2.59. The molecule has 10 heavy (non-hydrogen) atoms. The van der Waals surface area contributed by atoms with Crippen LogP contribution in [-0.2, 0) is 0 Å². The van der Waals surface area contributed by atoms with Crippen molar-refractivity contribution in [3.63, 3.8) is 0 Å². The van der Waals surface area contributed by atoms with Crippen molar-refractivity contribution in [2.45, 2.75) is 24.9 Å². The Labute approximate surface area is 72.7 Å². The molecule has 3 aliphatic heterocycles. The van der Waals surface area contributed by atoms with Gasteiger partial charge in [-0.05, 0) is 19.9 Å². The number of fused-ring (bicyclic) bond motifs is 3. The van der Waals surface area contributed by atoms with E-state index < -0.39 is 0 Å². The van der Waals surface area contributed by atoms with Crippen molar-refractivity contribution in [2.24, 2.45) is 0 Å². The average molecular weight is 207 g/mol. The molecule has 0 saturated carbocycles.